The summed E-state index contributed by atoms with van der Waals surface area (Å²) in [7, 11) is 0. The molecule has 0 bridgehead atoms. The highest BCUT2D eigenvalue weighted by atomic mass is 16.4. The van der Waals surface area contributed by atoms with Gasteiger partial charge in [-0.1, -0.05) is 91.0 Å². The Kier molecular flexibility index (Phi) is 10.4. The van der Waals surface area contributed by atoms with Crippen LogP contribution in [0.3, 0.4) is 0 Å². The Labute approximate surface area is 220 Å². The van der Waals surface area contributed by atoms with E-state index in [1.165, 1.54) is 0 Å². The molecule has 0 heterocycles. The fourth-order valence-electron chi connectivity index (χ4n) is 3.73. The average Bonchev–Trinajstić information content (AvgIpc) is 2.92. The number of urea groups is 1. The SMILES string of the molecule is N[C@@H](Cc1ccccc1)C(=O)NNC(=O)[C@H](Cc1ccccc1)NC(=O)N[C@@H](Cc1ccccc1)C(=O)O. The van der Waals surface area contributed by atoms with Gasteiger partial charge in [0.15, 0.2) is 0 Å². The summed E-state index contributed by atoms with van der Waals surface area (Å²) in [6, 6.07) is 22.9. The molecule has 0 aliphatic heterocycles. The summed E-state index contributed by atoms with van der Waals surface area (Å²) in [5, 5.41) is 14.5. The molecule has 10 heteroatoms. The maximum absolute atomic E-state index is 13.0. The molecule has 0 radical (unpaired) electrons. The third-order valence-electron chi connectivity index (χ3n) is 5.73. The van der Waals surface area contributed by atoms with Crippen LogP contribution >= 0.6 is 0 Å². The molecule has 7 N–H and O–H groups in total. The highest BCUT2D eigenvalue weighted by Gasteiger charge is 2.26. The Hall–Kier alpha value is -4.70. The first kappa shape index (κ1) is 27.9. The Bertz CT molecular complexity index is 1210. The second kappa shape index (κ2) is 14.1. The normalized spacial score (nSPS) is 12.9. The van der Waals surface area contributed by atoms with Gasteiger partial charge < -0.3 is 21.5 Å². The van der Waals surface area contributed by atoms with E-state index in [1.54, 1.807) is 54.6 Å². The number of amides is 4. The molecule has 0 aliphatic rings. The number of nitrogens with two attached hydrogens (primary N) is 1. The number of carbonyl (C=O) groups excluding carboxylic acids is 3. The molecule has 0 saturated heterocycles. The van der Waals surface area contributed by atoms with Crippen molar-refractivity contribution < 1.29 is 24.3 Å². The molecule has 0 fully saturated rings. The molecular weight excluding hydrogens is 486 g/mol. The molecule has 4 amide bonds. The maximum Gasteiger partial charge on any atom is 0.326 e. The van der Waals surface area contributed by atoms with Crippen molar-refractivity contribution in [3.63, 3.8) is 0 Å². The van der Waals surface area contributed by atoms with Gasteiger partial charge >= 0.3 is 12.0 Å². The molecule has 0 unspecified atom stereocenters. The molecule has 10 nitrogen and oxygen atoms in total. The van der Waals surface area contributed by atoms with E-state index < -0.39 is 41.9 Å². The van der Waals surface area contributed by atoms with E-state index in [-0.39, 0.29) is 19.3 Å². The van der Waals surface area contributed by atoms with Gasteiger partial charge in [-0.2, -0.15) is 0 Å². The van der Waals surface area contributed by atoms with Crippen molar-refractivity contribution in [3.05, 3.63) is 108 Å². The lowest BCUT2D eigenvalue weighted by molar-refractivity contribution is -0.139. The number of carbonyl (C=O) groups is 4. The van der Waals surface area contributed by atoms with Crippen molar-refractivity contribution in [2.24, 2.45) is 5.73 Å². The Morgan fingerprint density at radius 3 is 1.47 bits per heavy atom. The van der Waals surface area contributed by atoms with Crippen LogP contribution in [0.25, 0.3) is 0 Å². The van der Waals surface area contributed by atoms with Crippen LogP contribution < -0.4 is 27.2 Å². The van der Waals surface area contributed by atoms with Crippen molar-refractivity contribution in [2.75, 3.05) is 0 Å². The zero-order valence-electron chi connectivity index (χ0n) is 20.7. The van der Waals surface area contributed by atoms with Gasteiger partial charge in [-0.15, -0.1) is 0 Å². The molecule has 3 atom stereocenters. The number of carboxylic acids is 1. The van der Waals surface area contributed by atoms with Gasteiger partial charge in [0.1, 0.15) is 12.1 Å². The van der Waals surface area contributed by atoms with Gasteiger partial charge in [0.2, 0.25) is 0 Å². The lowest BCUT2D eigenvalue weighted by Gasteiger charge is -2.22. The van der Waals surface area contributed by atoms with E-state index in [0.29, 0.717) is 0 Å². The summed E-state index contributed by atoms with van der Waals surface area (Å²) in [6.45, 7) is 0. The second-order valence-electron chi connectivity index (χ2n) is 8.72. The van der Waals surface area contributed by atoms with Gasteiger partial charge in [-0.25, -0.2) is 9.59 Å². The fourth-order valence-corrected chi connectivity index (χ4v) is 3.73. The first-order valence-electron chi connectivity index (χ1n) is 12.1. The summed E-state index contributed by atoms with van der Waals surface area (Å²) in [6.07, 6.45) is 0.436. The minimum absolute atomic E-state index is 0.0640. The standard InChI is InChI=1S/C28H31N5O5/c29-22(16-19-10-4-1-5-11-19)25(34)32-33-26(35)23(17-20-12-6-2-7-13-20)30-28(38)31-24(27(36)37)18-21-14-8-3-9-15-21/h1-15,22-24H,16-18,29H2,(H,32,34)(H,33,35)(H,36,37)(H2,30,31,38)/t22-,23-,24-/m0/s1. The van der Waals surface area contributed by atoms with Gasteiger partial charge in [-0.3, -0.25) is 20.4 Å². The Morgan fingerprint density at radius 1 is 0.605 bits per heavy atom. The lowest BCUT2D eigenvalue weighted by Crippen LogP contribution is -2.58. The number of aliphatic carboxylic acids is 1. The van der Waals surface area contributed by atoms with Crippen molar-refractivity contribution in [1.82, 2.24) is 21.5 Å². The summed E-state index contributed by atoms with van der Waals surface area (Å²) < 4.78 is 0. The minimum Gasteiger partial charge on any atom is -0.480 e. The molecule has 0 saturated carbocycles. The summed E-state index contributed by atoms with van der Waals surface area (Å²) in [5.41, 5.74) is 12.9. The smallest absolute Gasteiger partial charge is 0.326 e. The number of rotatable bonds is 11. The van der Waals surface area contributed by atoms with Gasteiger partial charge in [0, 0.05) is 12.8 Å². The molecule has 3 aromatic carbocycles. The van der Waals surface area contributed by atoms with Crippen LogP contribution in [0.2, 0.25) is 0 Å². The summed E-state index contributed by atoms with van der Waals surface area (Å²) in [5.74, 6) is -2.51. The van der Waals surface area contributed by atoms with E-state index in [2.05, 4.69) is 21.5 Å². The predicted molar refractivity (Wildman–Crippen MR) is 142 cm³/mol. The number of carboxylic acid groups (broad SMARTS) is 1. The molecule has 3 rings (SSSR count). The predicted octanol–water partition coefficient (Wildman–Crippen LogP) is 1.31. The molecule has 0 aromatic heterocycles. The molecule has 0 aliphatic carbocycles. The van der Waals surface area contributed by atoms with Crippen LogP contribution in [-0.4, -0.2) is 47.0 Å². The molecule has 198 valence electrons. The largest absolute Gasteiger partial charge is 0.480 e. The average molecular weight is 518 g/mol. The molecule has 3 aromatic rings. The van der Waals surface area contributed by atoms with Crippen molar-refractivity contribution in [1.29, 1.82) is 0 Å². The van der Waals surface area contributed by atoms with Crippen LogP contribution in [0.4, 0.5) is 4.79 Å². The highest BCUT2D eigenvalue weighted by molar-refractivity contribution is 5.91. The van der Waals surface area contributed by atoms with Crippen LogP contribution in [0.15, 0.2) is 91.0 Å². The number of benzene rings is 3. The van der Waals surface area contributed by atoms with E-state index in [0.717, 1.165) is 16.7 Å². The second-order valence-corrected chi connectivity index (χ2v) is 8.72. The zero-order valence-corrected chi connectivity index (χ0v) is 20.7. The van der Waals surface area contributed by atoms with E-state index in [4.69, 9.17) is 5.73 Å². The maximum atomic E-state index is 13.0. The lowest BCUT2D eigenvalue weighted by atomic mass is 10.1. The van der Waals surface area contributed by atoms with Crippen molar-refractivity contribution in [2.45, 2.75) is 37.4 Å². The summed E-state index contributed by atoms with van der Waals surface area (Å²) >= 11 is 0. The Morgan fingerprint density at radius 2 is 1.00 bits per heavy atom. The van der Waals surface area contributed by atoms with Crippen LogP contribution in [0.5, 0.6) is 0 Å². The van der Waals surface area contributed by atoms with Crippen molar-refractivity contribution in [3.8, 4) is 0 Å². The first-order valence-corrected chi connectivity index (χ1v) is 12.1. The zero-order chi connectivity index (χ0) is 27.3. The molecular formula is C28H31N5O5. The van der Waals surface area contributed by atoms with Gasteiger partial charge in [0.05, 0.1) is 6.04 Å². The summed E-state index contributed by atoms with van der Waals surface area (Å²) in [4.78, 5) is 49.9. The molecule has 38 heavy (non-hydrogen) atoms. The Balaban J connectivity index is 1.62. The van der Waals surface area contributed by atoms with Gasteiger partial charge in [-0.05, 0) is 23.1 Å². The van der Waals surface area contributed by atoms with Crippen LogP contribution in [-0.2, 0) is 33.6 Å². The fraction of sp³-hybridized carbons (Fsp3) is 0.214. The highest BCUT2D eigenvalue weighted by Crippen LogP contribution is 2.06. The minimum atomic E-state index is -1.22. The number of hydrogen-bond donors (Lipinski definition) is 6. The van der Waals surface area contributed by atoms with E-state index in [9.17, 15) is 24.3 Å². The van der Waals surface area contributed by atoms with E-state index in [1.807, 2.05) is 36.4 Å². The quantitative estimate of drug-likeness (QED) is 0.210. The third-order valence-corrected chi connectivity index (χ3v) is 5.73. The number of hydrogen-bond acceptors (Lipinski definition) is 5. The number of hydrazine groups is 1. The first-order chi connectivity index (χ1) is 18.3. The van der Waals surface area contributed by atoms with E-state index >= 15 is 0 Å². The van der Waals surface area contributed by atoms with Crippen LogP contribution in [0.1, 0.15) is 16.7 Å². The third kappa shape index (κ3) is 9.07. The molecule has 0 spiro atoms. The van der Waals surface area contributed by atoms with Crippen molar-refractivity contribution >= 4 is 23.8 Å². The van der Waals surface area contributed by atoms with Gasteiger partial charge in [0.25, 0.3) is 11.8 Å². The number of nitrogens with one attached hydrogen (secondary N) is 4. The monoisotopic (exact) mass is 517 g/mol. The topological polar surface area (TPSA) is 163 Å². The van der Waals surface area contributed by atoms with Crippen LogP contribution in [0, 0.1) is 0 Å².